The summed E-state index contributed by atoms with van der Waals surface area (Å²) in [7, 11) is -0.972. The highest BCUT2D eigenvalue weighted by Gasteiger charge is 2.27. The topological polar surface area (TPSA) is 29.5 Å². The Hall–Kier alpha value is 0.280. The van der Waals surface area contributed by atoms with E-state index in [9.17, 15) is 9.30 Å². The van der Waals surface area contributed by atoms with Gasteiger partial charge >= 0.3 is 0 Å². The Kier molecular flexibility index (Phi) is 6.11. The van der Waals surface area contributed by atoms with Crippen LogP contribution < -0.4 is 0 Å². The molecule has 0 aromatic rings. The van der Waals surface area contributed by atoms with Crippen LogP contribution in [0.25, 0.3) is 0 Å². The molecule has 0 saturated carbocycles. The smallest absolute Gasteiger partial charge is 0.206 e. The fourth-order valence-electron chi connectivity index (χ4n) is 1.10. The Morgan fingerprint density at radius 3 is 2.14 bits per heavy atom. The zero-order valence-corrected chi connectivity index (χ0v) is 10.6. The highest BCUT2D eigenvalue weighted by atomic mass is 31.1. The molecule has 0 bridgehead atoms. The Morgan fingerprint density at radius 2 is 1.79 bits per heavy atom. The van der Waals surface area contributed by atoms with Crippen LogP contribution in [0.2, 0.25) is 0 Å². The second-order valence-electron chi connectivity index (χ2n) is 4.33. The first-order valence-corrected chi connectivity index (χ1v) is 5.94. The summed E-state index contributed by atoms with van der Waals surface area (Å²) < 4.78 is 17.2. The Balaban J connectivity index is 4.06. The lowest BCUT2D eigenvalue weighted by Gasteiger charge is -2.30. The molecule has 0 amide bonds. The third-order valence-corrected chi connectivity index (χ3v) is 3.56. The maximum atomic E-state index is 12.1. The predicted octanol–water partition coefficient (Wildman–Crippen LogP) is 3.59. The zero-order valence-electron chi connectivity index (χ0n) is 9.56. The van der Waals surface area contributed by atoms with Crippen LogP contribution in [-0.4, -0.2) is 16.3 Å². The molecule has 0 aliphatic rings. The van der Waals surface area contributed by atoms with Gasteiger partial charge in [-0.1, -0.05) is 13.8 Å². The van der Waals surface area contributed by atoms with Crippen LogP contribution in [0.4, 0.5) is 4.20 Å². The predicted molar refractivity (Wildman–Crippen MR) is 59.4 cm³/mol. The largest absolute Gasteiger partial charge is 0.390 e. The van der Waals surface area contributed by atoms with Crippen LogP contribution in [0, 0.1) is 0 Å². The van der Waals surface area contributed by atoms with Gasteiger partial charge in [-0.25, -0.2) is 0 Å². The molecule has 0 radical (unpaired) electrons. The van der Waals surface area contributed by atoms with Crippen LogP contribution >= 0.6 is 9.12 Å². The lowest BCUT2D eigenvalue weighted by molar-refractivity contribution is 0.00996. The van der Waals surface area contributed by atoms with Gasteiger partial charge < -0.3 is 9.63 Å². The maximum absolute atomic E-state index is 12.1. The molecule has 0 aliphatic heterocycles. The molecule has 0 spiro atoms. The van der Waals surface area contributed by atoms with Gasteiger partial charge in [0.05, 0.1) is 11.2 Å². The molecular weight excluding hydrogens is 202 g/mol. The average Bonchev–Trinajstić information content (AvgIpc) is 2.16. The molecule has 2 nitrogen and oxygen atoms in total. The Bertz CT molecular complexity index is 164. The van der Waals surface area contributed by atoms with E-state index >= 15 is 0 Å². The van der Waals surface area contributed by atoms with Crippen molar-refractivity contribution in [1.29, 1.82) is 0 Å². The summed E-state index contributed by atoms with van der Waals surface area (Å²) in [5.41, 5.74) is -1.08. The summed E-state index contributed by atoms with van der Waals surface area (Å²) >= 11 is 0. The van der Waals surface area contributed by atoms with E-state index in [0.717, 1.165) is 6.42 Å². The minimum Gasteiger partial charge on any atom is -0.390 e. The first-order chi connectivity index (χ1) is 6.39. The SMILES string of the molecule is CCC(C)(O)CCC(C)(CC)OPF. The molecule has 3 atom stereocenters. The zero-order chi connectivity index (χ0) is 11.2. The standard InChI is InChI=1S/C10H22FO2P/c1-5-9(3,12)7-8-10(4,6-2)13-14-11/h12,14H,5-8H2,1-4H3. The maximum Gasteiger partial charge on any atom is 0.206 e. The number of halogens is 1. The first kappa shape index (κ1) is 14.3. The van der Waals surface area contributed by atoms with Crippen molar-refractivity contribution < 1.29 is 13.8 Å². The molecule has 0 aromatic carbocycles. The van der Waals surface area contributed by atoms with Crippen molar-refractivity contribution >= 4 is 9.12 Å². The second-order valence-corrected chi connectivity index (χ2v) is 4.69. The van der Waals surface area contributed by atoms with Gasteiger partial charge in [0.2, 0.25) is 9.12 Å². The molecule has 14 heavy (non-hydrogen) atoms. The molecule has 0 aromatic heterocycles. The summed E-state index contributed by atoms with van der Waals surface area (Å²) in [6.45, 7) is 7.62. The number of hydrogen-bond donors (Lipinski definition) is 1. The minimum absolute atomic E-state index is 0.424. The highest BCUT2D eigenvalue weighted by Crippen LogP contribution is 2.33. The number of aliphatic hydroxyl groups is 1. The molecule has 0 heterocycles. The highest BCUT2D eigenvalue weighted by molar-refractivity contribution is 7.25. The summed E-state index contributed by atoms with van der Waals surface area (Å²) in [5.74, 6) is 0. The van der Waals surface area contributed by atoms with Crippen molar-refractivity contribution in [2.24, 2.45) is 0 Å². The van der Waals surface area contributed by atoms with E-state index < -0.39 is 20.3 Å². The molecule has 0 saturated heterocycles. The summed E-state index contributed by atoms with van der Waals surface area (Å²) in [4.78, 5) is 0. The van der Waals surface area contributed by atoms with Crippen LogP contribution in [0.5, 0.6) is 0 Å². The van der Waals surface area contributed by atoms with Gasteiger partial charge in [-0.05, 0) is 39.5 Å². The van der Waals surface area contributed by atoms with Crippen LogP contribution in [0.15, 0.2) is 0 Å². The van der Waals surface area contributed by atoms with E-state index in [1.165, 1.54) is 0 Å². The van der Waals surface area contributed by atoms with Crippen molar-refractivity contribution in [2.75, 3.05) is 0 Å². The van der Waals surface area contributed by atoms with Crippen LogP contribution in [0.1, 0.15) is 53.4 Å². The van der Waals surface area contributed by atoms with E-state index in [2.05, 4.69) is 0 Å². The first-order valence-electron chi connectivity index (χ1n) is 5.15. The molecule has 0 fully saturated rings. The van der Waals surface area contributed by atoms with Gasteiger partial charge in [-0.15, -0.1) is 0 Å². The van der Waals surface area contributed by atoms with Crippen molar-refractivity contribution in [2.45, 2.75) is 64.6 Å². The van der Waals surface area contributed by atoms with Gasteiger partial charge in [0.25, 0.3) is 0 Å². The molecule has 86 valence electrons. The van der Waals surface area contributed by atoms with E-state index in [4.69, 9.17) is 4.52 Å². The van der Waals surface area contributed by atoms with Crippen molar-refractivity contribution in [1.82, 2.24) is 0 Å². The van der Waals surface area contributed by atoms with Gasteiger partial charge in [-0.3, -0.25) is 0 Å². The third-order valence-electron chi connectivity index (χ3n) is 2.99. The fraction of sp³-hybridized carbons (Fsp3) is 1.00. The van der Waals surface area contributed by atoms with Crippen molar-refractivity contribution in [3.63, 3.8) is 0 Å². The lowest BCUT2D eigenvalue weighted by atomic mass is 9.89. The average molecular weight is 224 g/mol. The van der Waals surface area contributed by atoms with Gasteiger partial charge in [0.15, 0.2) is 0 Å². The van der Waals surface area contributed by atoms with Gasteiger partial charge in [-0.2, -0.15) is 4.20 Å². The Morgan fingerprint density at radius 1 is 1.21 bits per heavy atom. The van der Waals surface area contributed by atoms with Crippen LogP contribution in [0.3, 0.4) is 0 Å². The summed E-state index contributed by atoms with van der Waals surface area (Å²) in [6.07, 6.45) is 2.83. The second kappa shape index (κ2) is 5.99. The van der Waals surface area contributed by atoms with Gasteiger partial charge in [0, 0.05) is 0 Å². The van der Waals surface area contributed by atoms with Crippen molar-refractivity contribution in [3.05, 3.63) is 0 Å². The van der Waals surface area contributed by atoms with E-state index in [0.29, 0.717) is 19.3 Å². The van der Waals surface area contributed by atoms with E-state index in [1.807, 2.05) is 20.8 Å². The molecule has 3 unspecified atom stereocenters. The summed E-state index contributed by atoms with van der Waals surface area (Å²) in [5, 5.41) is 9.80. The molecule has 0 rings (SSSR count). The number of hydrogen-bond acceptors (Lipinski definition) is 2. The number of rotatable bonds is 7. The lowest BCUT2D eigenvalue weighted by Crippen LogP contribution is -2.31. The summed E-state index contributed by atoms with van der Waals surface area (Å²) in [6, 6.07) is 0. The van der Waals surface area contributed by atoms with Gasteiger partial charge in [0.1, 0.15) is 0 Å². The molecular formula is C10H22FO2P. The third kappa shape index (κ3) is 5.23. The fourth-order valence-corrected chi connectivity index (χ4v) is 1.54. The van der Waals surface area contributed by atoms with E-state index in [-0.39, 0.29) is 0 Å². The van der Waals surface area contributed by atoms with Crippen molar-refractivity contribution in [3.8, 4) is 0 Å². The van der Waals surface area contributed by atoms with Crippen LogP contribution in [-0.2, 0) is 4.52 Å². The molecule has 0 aliphatic carbocycles. The molecule has 4 heteroatoms. The Labute approximate surface area is 88.2 Å². The molecule has 1 N–H and O–H groups in total. The monoisotopic (exact) mass is 224 g/mol. The normalized spacial score (nSPS) is 21.0. The minimum atomic E-state index is -0.972. The quantitative estimate of drug-likeness (QED) is 0.669. The van der Waals surface area contributed by atoms with E-state index in [1.54, 1.807) is 6.92 Å².